The SMILES string of the molecule is Cc1ccc(CN(C(=O)Cc2csc(COc3ccc(Cl)cc3)n2)C2CC2)cc1. The molecule has 0 spiro atoms. The quantitative estimate of drug-likeness (QED) is 0.483. The summed E-state index contributed by atoms with van der Waals surface area (Å²) in [5.74, 6) is 0.892. The van der Waals surface area contributed by atoms with Gasteiger partial charge in [-0.05, 0) is 49.6 Å². The summed E-state index contributed by atoms with van der Waals surface area (Å²) in [6, 6.07) is 16.0. The van der Waals surface area contributed by atoms with Crippen LogP contribution in [0.25, 0.3) is 0 Å². The number of rotatable bonds is 8. The smallest absolute Gasteiger partial charge is 0.229 e. The molecule has 1 aliphatic carbocycles. The van der Waals surface area contributed by atoms with Crippen molar-refractivity contribution in [2.45, 2.75) is 45.4 Å². The Labute approximate surface area is 180 Å². The van der Waals surface area contributed by atoms with E-state index in [1.807, 2.05) is 22.4 Å². The summed E-state index contributed by atoms with van der Waals surface area (Å²) in [5.41, 5.74) is 3.21. The van der Waals surface area contributed by atoms with Crippen molar-refractivity contribution in [1.29, 1.82) is 0 Å². The van der Waals surface area contributed by atoms with Gasteiger partial charge >= 0.3 is 0 Å². The van der Waals surface area contributed by atoms with Crippen molar-refractivity contribution >= 4 is 28.8 Å². The third kappa shape index (κ3) is 5.58. The van der Waals surface area contributed by atoms with Gasteiger partial charge in [0.1, 0.15) is 17.4 Å². The Hall–Kier alpha value is -2.37. The first kappa shape index (κ1) is 19.9. The minimum Gasteiger partial charge on any atom is -0.486 e. The molecule has 0 unspecified atom stereocenters. The summed E-state index contributed by atoms with van der Waals surface area (Å²) >= 11 is 7.41. The van der Waals surface area contributed by atoms with E-state index in [0.29, 0.717) is 30.6 Å². The molecule has 1 fully saturated rings. The predicted octanol–water partition coefficient (Wildman–Crippen LogP) is 5.42. The second-order valence-electron chi connectivity index (χ2n) is 7.39. The van der Waals surface area contributed by atoms with Gasteiger partial charge in [-0.2, -0.15) is 0 Å². The second-order valence-corrected chi connectivity index (χ2v) is 8.77. The fourth-order valence-corrected chi connectivity index (χ4v) is 3.96. The van der Waals surface area contributed by atoms with Gasteiger partial charge in [-0.15, -0.1) is 11.3 Å². The summed E-state index contributed by atoms with van der Waals surface area (Å²) in [6.07, 6.45) is 2.52. The number of carbonyl (C=O) groups is 1. The highest BCUT2D eigenvalue weighted by molar-refractivity contribution is 7.09. The van der Waals surface area contributed by atoms with Crippen LogP contribution in [0.5, 0.6) is 5.75 Å². The minimum absolute atomic E-state index is 0.142. The molecule has 4 rings (SSSR count). The fourth-order valence-electron chi connectivity index (χ4n) is 3.13. The molecule has 2 aromatic carbocycles. The Balaban J connectivity index is 1.34. The zero-order valence-electron chi connectivity index (χ0n) is 16.3. The fraction of sp³-hybridized carbons (Fsp3) is 0.304. The van der Waals surface area contributed by atoms with Gasteiger partial charge in [-0.1, -0.05) is 41.4 Å². The Bertz CT molecular complexity index is 965. The minimum atomic E-state index is 0.142. The summed E-state index contributed by atoms with van der Waals surface area (Å²) in [4.78, 5) is 19.5. The van der Waals surface area contributed by atoms with Crippen LogP contribution in [0.1, 0.15) is 34.7 Å². The maximum atomic E-state index is 12.9. The molecule has 0 bridgehead atoms. The number of aryl methyl sites for hydroxylation is 1. The van der Waals surface area contributed by atoms with E-state index < -0.39 is 0 Å². The average molecular weight is 427 g/mol. The Morgan fingerprint density at radius 3 is 2.59 bits per heavy atom. The van der Waals surface area contributed by atoms with Crippen LogP contribution in [-0.2, 0) is 24.4 Å². The molecule has 0 radical (unpaired) electrons. The number of hydrogen-bond acceptors (Lipinski definition) is 4. The van der Waals surface area contributed by atoms with Gasteiger partial charge in [0.2, 0.25) is 5.91 Å². The summed E-state index contributed by atoms with van der Waals surface area (Å²) < 4.78 is 5.74. The van der Waals surface area contributed by atoms with E-state index in [1.54, 1.807) is 12.1 Å². The highest BCUT2D eigenvalue weighted by Gasteiger charge is 2.32. The van der Waals surface area contributed by atoms with Crippen LogP contribution < -0.4 is 4.74 Å². The van der Waals surface area contributed by atoms with Crippen LogP contribution in [0.15, 0.2) is 53.9 Å². The predicted molar refractivity (Wildman–Crippen MR) is 116 cm³/mol. The zero-order chi connectivity index (χ0) is 20.2. The average Bonchev–Trinajstić information content (AvgIpc) is 3.46. The number of amides is 1. The lowest BCUT2D eigenvalue weighted by Gasteiger charge is -2.22. The third-order valence-corrected chi connectivity index (χ3v) is 6.01. The highest BCUT2D eigenvalue weighted by Crippen LogP contribution is 2.29. The summed E-state index contributed by atoms with van der Waals surface area (Å²) in [7, 11) is 0. The molecule has 4 nitrogen and oxygen atoms in total. The molecule has 1 aromatic heterocycles. The van der Waals surface area contributed by atoms with E-state index in [4.69, 9.17) is 16.3 Å². The van der Waals surface area contributed by atoms with Crippen LogP contribution in [0.4, 0.5) is 0 Å². The first-order chi connectivity index (χ1) is 14.1. The van der Waals surface area contributed by atoms with E-state index in [0.717, 1.165) is 29.3 Å². The van der Waals surface area contributed by atoms with Gasteiger partial charge in [-0.3, -0.25) is 4.79 Å². The van der Waals surface area contributed by atoms with Crippen molar-refractivity contribution in [3.05, 3.63) is 80.8 Å². The lowest BCUT2D eigenvalue weighted by Crippen LogP contribution is -2.33. The van der Waals surface area contributed by atoms with Crippen LogP contribution >= 0.6 is 22.9 Å². The third-order valence-electron chi connectivity index (χ3n) is 4.89. The molecule has 1 saturated carbocycles. The second kappa shape index (κ2) is 8.97. The maximum absolute atomic E-state index is 12.9. The first-order valence-corrected chi connectivity index (χ1v) is 11.0. The number of carbonyl (C=O) groups excluding carboxylic acids is 1. The molecule has 6 heteroatoms. The molecule has 29 heavy (non-hydrogen) atoms. The molecule has 3 aromatic rings. The number of halogens is 1. The molecular formula is C23H23ClN2O2S. The molecule has 0 N–H and O–H groups in total. The van der Waals surface area contributed by atoms with Crippen molar-refractivity contribution in [3.63, 3.8) is 0 Å². The zero-order valence-corrected chi connectivity index (χ0v) is 17.9. The van der Waals surface area contributed by atoms with Gasteiger partial charge in [-0.25, -0.2) is 4.98 Å². The molecule has 150 valence electrons. The van der Waals surface area contributed by atoms with Crippen molar-refractivity contribution < 1.29 is 9.53 Å². The molecule has 0 saturated heterocycles. The number of benzene rings is 2. The van der Waals surface area contributed by atoms with Gasteiger partial charge in [0.25, 0.3) is 0 Å². The number of aromatic nitrogens is 1. The monoisotopic (exact) mass is 426 g/mol. The largest absolute Gasteiger partial charge is 0.486 e. The van der Waals surface area contributed by atoms with Gasteiger partial charge in [0, 0.05) is 23.0 Å². The Morgan fingerprint density at radius 1 is 1.17 bits per heavy atom. The number of hydrogen-bond donors (Lipinski definition) is 0. The van der Waals surface area contributed by atoms with Crippen molar-refractivity contribution in [2.24, 2.45) is 0 Å². The van der Waals surface area contributed by atoms with Crippen LogP contribution in [0.3, 0.4) is 0 Å². The molecular weight excluding hydrogens is 404 g/mol. The number of thiazole rings is 1. The summed E-state index contributed by atoms with van der Waals surface area (Å²) in [5, 5.41) is 3.49. The van der Waals surface area contributed by atoms with Crippen molar-refractivity contribution in [3.8, 4) is 5.75 Å². The van der Waals surface area contributed by atoms with E-state index in [2.05, 4.69) is 36.2 Å². The normalized spacial score (nSPS) is 13.3. The Morgan fingerprint density at radius 2 is 1.90 bits per heavy atom. The molecule has 1 heterocycles. The lowest BCUT2D eigenvalue weighted by atomic mass is 10.1. The maximum Gasteiger partial charge on any atom is 0.229 e. The van der Waals surface area contributed by atoms with Gasteiger partial charge in [0.15, 0.2) is 0 Å². The Kier molecular flexibility index (Phi) is 6.16. The van der Waals surface area contributed by atoms with Gasteiger partial charge in [0.05, 0.1) is 12.1 Å². The molecule has 0 atom stereocenters. The number of ether oxygens (including phenoxy) is 1. The van der Waals surface area contributed by atoms with E-state index in [9.17, 15) is 4.79 Å². The van der Waals surface area contributed by atoms with Crippen LogP contribution in [0, 0.1) is 6.92 Å². The number of nitrogens with zero attached hydrogens (tertiary/aromatic N) is 2. The standard InChI is InChI=1S/C23H23ClN2O2S/c1-16-2-4-17(5-3-16)13-26(20-8-9-20)23(27)12-19-15-29-22(25-19)14-28-21-10-6-18(24)7-11-21/h2-7,10-11,15,20H,8-9,12-14H2,1H3. The van der Waals surface area contributed by atoms with Crippen molar-refractivity contribution in [2.75, 3.05) is 0 Å². The molecule has 1 amide bonds. The lowest BCUT2D eigenvalue weighted by molar-refractivity contribution is -0.131. The van der Waals surface area contributed by atoms with Crippen molar-refractivity contribution in [1.82, 2.24) is 9.88 Å². The topological polar surface area (TPSA) is 42.4 Å². The van der Waals surface area contributed by atoms with E-state index >= 15 is 0 Å². The summed E-state index contributed by atoms with van der Waals surface area (Å²) in [6.45, 7) is 3.13. The van der Waals surface area contributed by atoms with Crippen LogP contribution in [-0.4, -0.2) is 21.8 Å². The highest BCUT2D eigenvalue weighted by atomic mass is 35.5. The van der Waals surface area contributed by atoms with E-state index in [1.165, 1.54) is 22.5 Å². The van der Waals surface area contributed by atoms with Crippen LogP contribution in [0.2, 0.25) is 5.02 Å². The molecule has 0 aliphatic heterocycles. The first-order valence-electron chi connectivity index (χ1n) is 9.73. The van der Waals surface area contributed by atoms with Gasteiger partial charge < -0.3 is 9.64 Å². The molecule has 1 aliphatic rings. The van der Waals surface area contributed by atoms with E-state index in [-0.39, 0.29) is 5.91 Å².